The van der Waals surface area contributed by atoms with E-state index in [0.717, 1.165) is 27.8 Å². The molecule has 0 amide bonds. The lowest BCUT2D eigenvalue weighted by Gasteiger charge is -2.04. The summed E-state index contributed by atoms with van der Waals surface area (Å²) in [5.41, 5.74) is 4.42. The Kier molecular flexibility index (Phi) is 4.40. The summed E-state index contributed by atoms with van der Waals surface area (Å²) in [5, 5.41) is 14.2. The van der Waals surface area contributed by atoms with Crippen molar-refractivity contribution in [2.75, 3.05) is 0 Å². The summed E-state index contributed by atoms with van der Waals surface area (Å²) >= 11 is 6.33. The molecule has 1 aromatic heterocycles. The van der Waals surface area contributed by atoms with Crippen LogP contribution < -0.4 is 0 Å². The first-order valence-corrected chi connectivity index (χ1v) is 7.91. The highest BCUT2D eigenvalue weighted by Gasteiger charge is 2.13. The molecule has 0 aliphatic carbocycles. The molecule has 0 unspecified atom stereocenters. The van der Waals surface area contributed by atoms with Crippen molar-refractivity contribution in [3.8, 4) is 17.1 Å². The van der Waals surface area contributed by atoms with Gasteiger partial charge in [-0.25, -0.2) is 0 Å². The van der Waals surface area contributed by atoms with Crippen molar-refractivity contribution in [2.24, 2.45) is 0 Å². The number of hydrogen-bond donors (Lipinski definition) is 1. The second-order valence-corrected chi connectivity index (χ2v) is 6.14. The third-order valence-electron chi connectivity index (χ3n) is 3.82. The van der Waals surface area contributed by atoms with Gasteiger partial charge < -0.3 is 9.63 Å². The molecular weight excluding hydrogens is 324 g/mol. The average Bonchev–Trinajstić information content (AvgIpc) is 3.03. The van der Waals surface area contributed by atoms with Gasteiger partial charge in [0.15, 0.2) is 0 Å². The van der Waals surface area contributed by atoms with E-state index in [-0.39, 0.29) is 5.89 Å². The van der Waals surface area contributed by atoms with Gasteiger partial charge in [0, 0.05) is 5.56 Å². The minimum absolute atomic E-state index is 0.262. The van der Waals surface area contributed by atoms with Gasteiger partial charge in [-0.05, 0) is 61.2 Å². The molecule has 0 atom stereocenters. The van der Waals surface area contributed by atoms with Crippen molar-refractivity contribution in [1.29, 1.82) is 0 Å². The molecule has 2 aromatic carbocycles. The minimum atomic E-state index is 0.262. The summed E-state index contributed by atoms with van der Waals surface area (Å²) in [6, 6.07) is 11.5. The van der Waals surface area contributed by atoms with Crippen molar-refractivity contribution in [2.45, 2.75) is 20.8 Å². The van der Waals surface area contributed by atoms with Crippen LogP contribution in [-0.4, -0.2) is 15.2 Å². The Hall–Kier alpha value is -2.59. The third kappa shape index (κ3) is 3.19. The van der Waals surface area contributed by atoms with Crippen molar-refractivity contribution in [1.82, 2.24) is 10.1 Å². The van der Waals surface area contributed by atoms with Crippen LogP contribution in [0.5, 0.6) is 5.75 Å². The summed E-state index contributed by atoms with van der Waals surface area (Å²) in [5.74, 6) is 1.06. The molecule has 0 saturated heterocycles. The average molecular weight is 341 g/mol. The molecule has 0 bridgehead atoms. The first-order valence-electron chi connectivity index (χ1n) is 7.53. The number of halogens is 1. The van der Waals surface area contributed by atoms with E-state index < -0.39 is 0 Å². The smallest absolute Gasteiger partial charge is 0.269 e. The van der Waals surface area contributed by atoms with Gasteiger partial charge in [-0.2, -0.15) is 4.98 Å². The van der Waals surface area contributed by atoms with Crippen molar-refractivity contribution in [3.05, 3.63) is 64.5 Å². The summed E-state index contributed by atoms with van der Waals surface area (Å²) in [4.78, 5) is 4.37. The summed E-state index contributed by atoms with van der Waals surface area (Å²) in [6.45, 7) is 5.68. The number of aryl methyl sites for hydroxylation is 3. The summed E-state index contributed by atoms with van der Waals surface area (Å²) < 4.78 is 5.28. The molecule has 0 aliphatic heterocycles. The second kappa shape index (κ2) is 6.49. The molecule has 1 heterocycles. The molecule has 3 rings (SSSR count). The number of benzene rings is 2. The van der Waals surface area contributed by atoms with E-state index in [1.54, 1.807) is 6.08 Å². The van der Waals surface area contributed by atoms with E-state index >= 15 is 0 Å². The van der Waals surface area contributed by atoms with Crippen molar-refractivity contribution in [3.63, 3.8) is 0 Å². The number of hydrogen-bond acceptors (Lipinski definition) is 4. The topological polar surface area (TPSA) is 59.2 Å². The molecule has 3 aromatic rings. The van der Waals surface area contributed by atoms with Crippen LogP contribution in [0.25, 0.3) is 22.5 Å². The second-order valence-electron chi connectivity index (χ2n) is 5.73. The van der Waals surface area contributed by atoms with Gasteiger partial charge >= 0.3 is 0 Å². The SMILES string of the molecule is Cc1ccccc1-c1noc(/C(Cl)=C/c2cc(C)c(O)c(C)c2)n1. The van der Waals surface area contributed by atoms with Crippen LogP contribution in [0.2, 0.25) is 0 Å². The van der Waals surface area contributed by atoms with Crippen LogP contribution >= 0.6 is 11.6 Å². The predicted octanol–water partition coefficient (Wildman–Crippen LogP) is 5.10. The normalized spacial score (nSPS) is 11.8. The predicted molar refractivity (Wildman–Crippen MR) is 95.8 cm³/mol. The Labute approximate surface area is 145 Å². The van der Waals surface area contributed by atoms with Crippen LogP contribution in [-0.2, 0) is 0 Å². The molecule has 0 radical (unpaired) electrons. The van der Waals surface area contributed by atoms with E-state index in [0.29, 0.717) is 16.6 Å². The molecule has 122 valence electrons. The maximum absolute atomic E-state index is 9.84. The maximum atomic E-state index is 9.84. The van der Waals surface area contributed by atoms with Gasteiger partial charge in [0.25, 0.3) is 5.89 Å². The van der Waals surface area contributed by atoms with Gasteiger partial charge in [-0.3, -0.25) is 0 Å². The lowest BCUT2D eigenvalue weighted by Crippen LogP contribution is -1.86. The number of rotatable bonds is 3. The highest BCUT2D eigenvalue weighted by atomic mass is 35.5. The standard InChI is InChI=1S/C19H17ClN2O2/c1-11-6-4-5-7-15(11)18-21-19(24-22-18)16(20)10-14-8-12(2)17(23)13(3)9-14/h4-10,23H,1-3H3/b16-10-. The molecule has 0 spiro atoms. The van der Waals surface area contributed by atoms with E-state index in [2.05, 4.69) is 10.1 Å². The lowest BCUT2D eigenvalue weighted by molar-refractivity contribution is 0.410. The van der Waals surface area contributed by atoms with Gasteiger partial charge in [0.05, 0.1) is 0 Å². The first kappa shape index (κ1) is 16.3. The Morgan fingerprint density at radius 3 is 2.42 bits per heavy atom. The quantitative estimate of drug-likeness (QED) is 0.720. The Balaban J connectivity index is 1.94. The number of nitrogens with zero attached hydrogens (tertiary/aromatic N) is 2. The Bertz CT molecular complexity index is 906. The molecule has 0 aliphatic rings. The van der Waals surface area contributed by atoms with Gasteiger partial charge in [0.1, 0.15) is 10.8 Å². The lowest BCUT2D eigenvalue weighted by atomic mass is 10.1. The third-order valence-corrected chi connectivity index (χ3v) is 4.09. The molecule has 0 saturated carbocycles. The van der Waals surface area contributed by atoms with Crippen LogP contribution in [0.4, 0.5) is 0 Å². The molecule has 0 fully saturated rings. The molecule has 24 heavy (non-hydrogen) atoms. The van der Waals surface area contributed by atoms with Crippen LogP contribution in [0.1, 0.15) is 28.1 Å². The van der Waals surface area contributed by atoms with Gasteiger partial charge in [0.2, 0.25) is 5.82 Å². The summed E-state index contributed by atoms with van der Waals surface area (Å²) in [7, 11) is 0. The Morgan fingerprint density at radius 1 is 1.08 bits per heavy atom. The minimum Gasteiger partial charge on any atom is -0.507 e. The van der Waals surface area contributed by atoms with E-state index in [1.165, 1.54) is 0 Å². The Morgan fingerprint density at radius 2 is 1.75 bits per heavy atom. The van der Waals surface area contributed by atoms with Crippen molar-refractivity contribution >= 4 is 22.7 Å². The fourth-order valence-electron chi connectivity index (χ4n) is 2.53. The zero-order valence-electron chi connectivity index (χ0n) is 13.7. The molecule has 5 heteroatoms. The van der Waals surface area contributed by atoms with Gasteiger partial charge in [-0.1, -0.05) is 41.0 Å². The molecule has 4 nitrogen and oxygen atoms in total. The van der Waals surface area contributed by atoms with E-state index in [1.807, 2.05) is 57.2 Å². The first-order chi connectivity index (χ1) is 11.5. The number of aromatic hydroxyl groups is 1. The highest BCUT2D eigenvalue weighted by molar-refractivity contribution is 6.50. The zero-order valence-corrected chi connectivity index (χ0v) is 14.4. The van der Waals surface area contributed by atoms with Crippen molar-refractivity contribution < 1.29 is 9.63 Å². The number of phenolic OH excluding ortho intramolecular Hbond substituents is 1. The number of aromatic nitrogens is 2. The monoisotopic (exact) mass is 340 g/mol. The molecular formula is C19H17ClN2O2. The highest BCUT2D eigenvalue weighted by Crippen LogP contribution is 2.28. The van der Waals surface area contributed by atoms with Crippen LogP contribution in [0.15, 0.2) is 40.9 Å². The van der Waals surface area contributed by atoms with Gasteiger partial charge in [-0.15, -0.1) is 0 Å². The molecule has 1 N–H and O–H groups in total. The van der Waals surface area contributed by atoms with E-state index in [9.17, 15) is 5.11 Å². The van der Waals surface area contributed by atoms with E-state index in [4.69, 9.17) is 16.1 Å². The summed E-state index contributed by atoms with van der Waals surface area (Å²) in [6.07, 6.45) is 1.75. The maximum Gasteiger partial charge on any atom is 0.269 e. The fraction of sp³-hybridized carbons (Fsp3) is 0.158. The van der Waals surface area contributed by atoms with Crippen LogP contribution in [0, 0.1) is 20.8 Å². The zero-order chi connectivity index (χ0) is 17.3. The fourth-order valence-corrected chi connectivity index (χ4v) is 2.74. The largest absolute Gasteiger partial charge is 0.507 e. The van der Waals surface area contributed by atoms with Crippen LogP contribution in [0.3, 0.4) is 0 Å². The number of phenols is 1.